The van der Waals surface area contributed by atoms with Gasteiger partial charge in [-0.15, -0.1) is 11.3 Å². The number of hydrogen-bond donors (Lipinski definition) is 0. The Hall–Kier alpha value is -2.42. The molecule has 1 aliphatic rings. The molecule has 0 atom stereocenters. The molecule has 8 heteroatoms. The third-order valence-corrected chi connectivity index (χ3v) is 7.74. The number of anilines is 1. The first-order valence-electron chi connectivity index (χ1n) is 10.1. The van der Waals surface area contributed by atoms with Gasteiger partial charge in [0.2, 0.25) is 0 Å². The van der Waals surface area contributed by atoms with Gasteiger partial charge in [0.1, 0.15) is 5.75 Å². The third-order valence-electron chi connectivity index (χ3n) is 5.39. The molecule has 0 N–H and O–H groups in total. The fraction of sp³-hybridized carbons (Fsp3) is 0.348. The average molecular weight is 459 g/mol. The van der Waals surface area contributed by atoms with Crippen LogP contribution in [0.15, 0.2) is 41.3 Å². The molecule has 0 saturated carbocycles. The highest BCUT2D eigenvalue weighted by atomic mass is 32.2. The normalized spacial score (nSPS) is 14.6. The number of hydrogen-bond acceptors (Lipinski definition) is 7. The van der Waals surface area contributed by atoms with Crippen LogP contribution in [-0.4, -0.2) is 53.1 Å². The largest absolute Gasteiger partial charge is 0.495 e. The summed E-state index contributed by atoms with van der Waals surface area (Å²) in [4.78, 5) is 8.50. The Kier molecular flexibility index (Phi) is 6.05. The first-order chi connectivity index (χ1) is 14.8. The smallest absolute Gasteiger partial charge is 0.175 e. The zero-order chi connectivity index (χ0) is 22.2. The minimum Gasteiger partial charge on any atom is -0.495 e. The maximum absolute atomic E-state index is 11.9. The molecule has 1 aromatic carbocycles. The number of sulfone groups is 1. The van der Waals surface area contributed by atoms with Crippen LogP contribution in [0.2, 0.25) is 0 Å². The van der Waals surface area contributed by atoms with E-state index in [1.807, 2.05) is 26.0 Å². The summed E-state index contributed by atoms with van der Waals surface area (Å²) in [7, 11) is -1.57. The van der Waals surface area contributed by atoms with Crippen molar-refractivity contribution in [2.24, 2.45) is 0 Å². The number of thiophene rings is 1. The van der Waals surface area contributed by atoms with Crippen LogP contribution >= 0.6 is 11.3 Å². The van der Waals surface area contributed by atoms with Gasteiger partial charge in [-0.1, -0.05) is 12.1 Å². The molecule has 1 fully saturated rings. The summed E-state index contributed by atoms with van der Waals surface area (Å²) >= 11 is 1.70. The van der Waals surface area contributed by atoms with Crippen LogP contribution in [0.4, 0.5) is 5.00 Å². The van der Waals surface area contributed by atoms with Gasteiger partial charge in [0.15, 0.2) is 9.84 Å². The summed E-state index contributed by atoms with van der Waals surface area (Å²) in [6.45, 7) is 7.01. The topological polar surface area (TPSA) is 68.7 Å². The molecule has 0 spiro atoms. The molecule has 6 nitrogen and oxygen atoms in total. The maximum Gasteiger partial charge on any atom is 0.175 e. The molecule has 0 aliphatic carbocycles. The second-order valence-electron chi connectivity index (χ2n) is 7.67. The van der Waals surface area contributed by atoms with E-state index >= 15 is 0 Å². The molecule has 164 valence electrons. The van der Waals surface area contributed by atoms with Crippen LogP contribution in [-0.2, 0) is 14.6 Å². The second-order valence-corrected chi connectivity index (χ2v) is 10.7. The van der Waals surface area contributed by atoms with Gasteiger partial charge in [-0.2, -0.15) is 0 Å². The van der Waals surface area contributed by atoms with Gasteiger partial charge in [0.25, 0.3) is 0 Å². The number of ether oxygens (including phenoxy) is 2. The van der Waals surface area contributed by atoms with E-state index in [0.717, 1.165) is 56.8 Å². The number of aryl methyl sites for hydroxylation is 2. The van der Waals surface area contributed by atoms with Crippen molar-refractivity contribution in [3.05, 3.63) is 47.7 Å². The molecular weight excluding hydrogens is 432 g/mol. The van der Waals surface area contributed by atoms with Crippen molar-refractivity contribution in [2.45, 2.75) is 18.7 Å². The molecule has 1 aliphatic heterocycles. The summed E-state index contributed by atoms with van der Waals surface area (Å²) < 4.78 is 34.7. The number of aromatic nitrogens is 1. The summed E-state index contributed by atoms with van der Waals surface area (Å²) in [6.07, 6.45) is 1.23. The highest BCUT2D eigenvalue weighted by Crippen LogP contribution is 2.44. The molecule has 3 aromatic rings. The Labute approximate surface area is 187 Å². The fourth-order valence-corrected chi connectivity index (χ4v) is 5.68. The number of nitrogens with zero attached hydrogens (tertiary/aromatic N) is 2. The summed E-state index contributed by atoms with van der Waals surface area (Å²) in [6, 6.07) is 11.3. The number of pyridine rings is 1. The van der Waals surface area contributed by atoms with E-state index in [1.165, 1.54) is 6.26 Å². The maximum atomic E-state index is 11.9. The molecule has 0 unspecified atom stereocenters. The Bertz CT molecular complexity index is 1170. The Morgan fingerprint density at radius 1 is 1.10 bits per heavy atom. The van der Waals surface area contributed by atoms with Crippen LogP contribution < -0.4 is 9.64 Å². The van der Waals surface area contributed by atoms with Crippen molar-refractivity contribution in [3.63, 3.8) is 0 Å². The molecule has 1 saturated heterocycles. The average Bonchev–Trinajstić information content (AvgIpc) is 3.19. The van der Waals surface area contributed by atoms with Crippen molar-refractivity contribution in [2.75, 3.05) is 44.6 Å². The first-order valence-corrected chi connectivity index (χ1v) is 12.8. The minimum absolute atomic E-state index is 0.322. The van der Waals surface area contributed by atoms with E-state index in [4.69, 9.17) is 14.5 Å². The van der Waals surface area contributed by atoms with Gasteiger partial charge < -0.3 is 14.4 Å². The molecular formula is C23H26N2O4S2. The molecule has 0 radical (unpaired) electrons. The lowest BCUT2D eigenvalue weighted by Crippen LogP contribution is -2.35. The van der Waals surface area contributed by atoms with Crippen molar-refractivity contribution in [1.29, 1.82) is 0 Å². The summed E-state index contributed by atoms with van der Waals surface area (Å²) in [5.41, 5.74) is 4.88. The third kappa shape index (κ3) is 4.46. The lowest BCUT2D eigenvalue weighted by molar-refractivity contribution is 0.123. The highest BCUT2D eigenvalue weighted by Gasteiger charge is 2.21. The van der Waals surface area contributed by atoms with Gasteiger partial charge >= 0.3 is 0 Å². The predicted octanol–water partition coefficient (Wildman–Crippen LogP) is 4.34. The van der Waals surface area contributed by atoms with Crippen LogP contribution in [0, 0.1) is 13.8 Å². The molecule has 31 heavy (non-hydrogen) atoms. The van der Waals surface area contributed by atoms with Crippen molar-refractivity contribution < 1.29 is 17.9 Å². The number of methoxy groups -OCH3 is 1. The van der Waals surface area contributed by atoms with Crippen LogP contribution in [0.3, 0.4) is 0 Å². The minimum atomic E-state index is -3.23. The van der Waals surface area contributed by atoms with Crippen molar-refractivity contribution >= 4 is 26.2 Å². The highest BCUT2D eigenvalue weighted by molar-refractivity contribution is 7.90. The van der Waals surface area contributed by atoms with Gasteiger partial charge in [-0.25, -0.2) is 13.4 Å². The van der Waals surface area contributed by atoms with Crippen molar-refractivity contribution in [3.8, 4) is 27.4 Å². The molecule has 4 rings (SSSR count). The standard InChI is InChI=1S/C23H26N2O4S2/c1-15-13-20(24-16(2)22(15)28-3)21-14-19(23(30-21)25-9-11-29-12-10-25)17-5-7-18(8-6-17)31(4,26)27/h5-8,13-14H,9-12H2,1-4H3. The van der Waals surface area contributed by atoms with E-state index in [1.54, 1.807) is 30.6 Å². The molecule has 0 bridgehead atoms. The van der Waals surface area contributed by atoms with Gasteiger partial charge in [0, 0.05) is 24.9 Å². The Morgan fingerprint density at radius 2 is 1.77 bits per heavy atom. The second kappa shape index (κ2) is 8.61. The molecule has 2 aromatic heterocycles. The predicted molar refractivity (Wildman–Crippen MR) is 125 cm³/mol. The van der Waals surface area contributed by atoms with E-state index < -0.39 is 9.84 Å². The first kappa shape index (κ1) is 21.8. The van der Waals surface area contributed by atoms with Gasteiger partial charge in [-0.05, 0) is 49.2 Å². The van der Waals surface area contributed by atoms with Crippen molar-refractivity contribution in [1.82, 2.24) is 4.98 Å². The summed E-state index contributed by atoms with van der Waals surface area (Å²) in [5, 5.41) is 1.15. The molecule has 0 amide bonds. The summed E-state index contributed by atoms with van der Waals surface area (Å²) in [5.74, 6) is 0.810. The zero-order valence-corrected chi connectivity index (χ0v) is 19.8. The number of morpholine rings is 1. The van der Waals surface area contributed by atoms with Gasteiger partial charge in [0.05, 0.1) is 46.5 Å². The number of benzene rings is 1. The Morgan fingerprint density at radius 3 is 2.35 bits per heavy atom. The molecule has 3 heterocycles. The lowest BCUT2D eigenvalue weighted by atomic mass is 10.1. The Balaban J connectivity index is 1.82. The van der Waals surface area contributed by atoms with Crippen LogP contribution in [0.1, 0.15) is 11.3 Å². The number of rotatable bonds is 5. The fourth-order valence-electron chi connectivity index (χ4n) is 3.85. The monoisotopic (exact) mass is 458 g/mol. The van der Waals surface area contributed by atoms with Crippen LogP contribution in [0.5, 0.6) is 5.75 Å². The van der Waals surface area contributed by atoms with E-state index in [2.05, 4.69) is 17.0 Å². The SMILES string of the molecule is COc1c(C)cc(-c2cc(-c3ccc(S(C)(=O)=O)cc3)c(N3CCOCC3)s2)nc1C. The van der Waals surface area contributed by atoms with E-state index in [9.17, 15) is 8.42 Å². The zero-order valence-electron chi connectivity index (χ0n) is 18.1. The van der Waals surface area contributed by atoms with E-state index in [0.29, 0.717) is 18.1 Å². The quantitative estimate of drug-likeness (QED) is 0.566. The van der Waals surface area contributed by atoms with Crippen LogP contribution in [0.25, 0.3) is 21.7 Å². The van der Waals surface area contributed by atoms with E-state index in [-0.39, 0.29) is 0 Å². The van der Waals surface area contributed by atoms with Gasteiger partial charge in [-0.3, -0.25) is 0 Å². The lowest BCUT2D eigenvalue weighted by Gasteiger charge is -2.28.